The molecule has 0 atom stereocenters. The van der Waals surface area contributed by atoms with E-state index in [1.165, 1.54) is 12.1 Å². The molecule has 25 heavy (non-hydrogen) atoms. The summed E-state index contributed by atoms with van der Waals surface area (Å²) in [5, 5.41) is 0. The normalized spacial score (nSPS) is 12.4. The fraction of sp³-hybridized carbons (Fsp3) is 0.333. The topological polar surface area (TPSA) is 77.5 Å². The molecule has 0 radical (unpaired) electrons. The van der Waals surface area contributed by atoms with Crippen LogP contribution in [0.1, 0.15) is 36.5 Å². The van der Waals surface area contributed by atoms with Gasteiger partial charge in [-0.1, -0.05) is 26.0 Å². The summed E-state index contributed by atoms with van der Waals surface area (Å²) in [5.74, 6) is 0.438. The molecular formula is C18H22O5S2. The van der Waals surface area contributed by atoms with Gasteiger partial charge >= 0.3 is 10.1 Å². The fourth-order valence-corrected chi connectivity index (χ4v) is 4.30. The summed E-state index contributed by atoms with van der Waals surface area (Å²) in [4.78, 5) is -0.213. The van der Waals surface area contributed by atoms with E-state index in [1.54, 1.807) is 19.1 Å². The fourth-order valence-electron chi connectivity index (χ4n) is 2.41. The van der Waals surface area contributed by atoms with E-state index in [1.807, 2.05) is 26.8 Å². The van der Waals surface area contributed by atoms with Crippen LogP contribution < -0.4 is 4.18 Å². The molecule has 0 aliphatic heterocycles. The smallest absolute Gasteiger partial charge is 0.339 e. The molecule has 0 N–H and O–H groups in total. The van der Waals surface area contributed by atoms with Crippen molar-refractivity contribution in [3.8, 4) is 5.75 Å². The summed E-state index contributed by atoms with van der Waals surface area (Å²) in [7, 11) is -7.67. The lowest BCUT2D eigenvalue weighted by molar-refractivity contribution is 0.484. The highest BCUT2D eigenvalue weighted by atomic mass is 32.2. The lowest BCUT2D eigenvalue weighted by atomic mass is 10.0. The minimum atomic E-state index is -4.15. The first-order valence-electron chi connectivity index (χ1n) is 7.77. The quantitative estimate of drug-likeness (QED) is 0.739. The number of aryl methyl sites for hydroxylation is 2. The zero-order valence-electron chi connectivity index (χ0n) is 14.9. The third-order valence-electron chi connectivity index (χ3n) is 3.80. The standard InChI is InChI=1S/C18H22O5S2/c1-12(2)15-8-13(3)9-16(10-15)23-25(21,22)18-11-17(24(5,19)20)7-6-14(18)4/h6-12H,1-5H3. The Morgan fingerprint density at radius 3 is 2.12 bits per heavy atom. The number of sulfone groups is 1. The highest BCUT2D eigenvalue weighted by molar-refractivity contribution is 7.90. The van der Waals surface area contributed by atoms with Crippen LogP contribution in [-0.2, 0) is 20.0 Å². The Morgan fingerprint density at radius 1 is 0.920 bits per heavy atom. The maximum atomic E-state index is 12.7. The average molecular weight is 383 g/mol. The van der Waals surface area contributed by atoms with E-state index >= 15 is 0 Å². The van der Waals surface area contributed by atoms with Crippen LogP contribution in [0.3, 0.4) is 0 Å². The number of rotatable bonds is 5. The molecule has 0 saturated heterocycles. The SMILES string of the molecule is Cc1cc(OS(=O)(=O)c2cc(S(C)(=O)=O)ccc2C)cc(C(C)C)c1. The molecule has 0 spiro atoms. The first-order valence-corrected chi connectivity index (χ1v) is 11.1. The van der Waals surface area contributed by atoms with Crippen LogP contribution in [0.4, 0.5) is 0 Å². The molecule has 5 nitrogen and oxygen atoms in total. The minimum Gasteiger partial charge on any atom is -0.379 e. The van der Waals surface area contributed by atoms with Crippen molar-refractivity contribution in [2.45, 2.75) is 43.4 Å². The van der Waals surface area contributed by atoms with Crippen LogP contribution in [0.5, 0.6) is 5.75 Å². The van der Waals surface area contributed by atoms with Gasteiger partial charge in [-0.25, -0.2) is 8.42 Å². The largest absolute Gasteiger partial charge is 0.379 e. The van der Waals surface area contributed by atoms with Crippen LogP contribution in [-0.4, -0.2) is 23.1 Å². The monoisotopic (exact) mass is 382 g/mol. The van der Waals surface area contributed by atoms with Gasteiger partial charge in [0.2, 0.25) is 0 Å². The molecule has 136 valence electrons. The second-order valence-corrected chi connectivity index (χ2v) is 10.0. The number of hydrogen-bond donors (Lipinski definition) is 0. The van der Waals surface area contributed by atoms with Crippen LogP contribution in [0.2, 0.25) is 0 Å². The van der Waals surface area contributed by atoms with Crippen molar-refractivity contribution in [1.82, 2.24) is 0 Å². The van der Waals surface area contributed by atoms with Gasteiger partial charge in [0.15, 0.2) is 9.84 Å². The average Bonchev–Trinajstić information content (AvgIpc) is 2.44. The van der Waals surface area contributed by atoms with E-state index < -0.39 is 20.0 Å². The van der Waals surface area contributed by atoms with E-state index in [0.717, 1.165) is 23.4 Å². The van der Waals surface area contributed by atoms with E-state index in [9.17, 15) is 16.8 Å². The first-order chi connectivity index (χ1) is 11.4. The van der Waals surface area contributed by atoms with Gasteiger partial charge in [0.1, 0.15) is 10.6 Å². The first kappa shape index (κ1) is 19.5. The van der Waals surface area contributed by atoms with Crippen molar-refractivity contribution in [2.24, 2.45) is 0 Å². The van der Waals surface area contributed by atoms with E-state index in [2.05, 4.69) is 0 Å². The van der Waals surface area contributed by atoms with Gasteiger partial charge in [-0.2, -0.15) is 8.42 Å². The van der Waals surface area contributed by atoms with Crippen LogP contribution in [0, 0.1) is 13.8 Å². The summed E-state index contributed by atoms with van der Waals surface area (Å²) in [5.41, 5.74) is 2.27. The Hall–Kier alpha value is -1.86. The highest BCUT2D eigenvalue weighted by Crippen LogP contribution is 2.27. The number of benzene rings is 2. The lowest BCUT2D eigenvalue weighted by Crippen LogP contribution is -2.13. The molecule has 0 unspecified atom stereocenters. The van der Waals surface area contributed by atoms with Gasteiger partial charge in [-0.3, -0.25) is 0 Å². The van der Waals surface area contributed by atoms with Crippen molar-refractivity contribution in [1.29, 1.82) is 0 Å². The zero-order chi connectivity index (χ0) is 19.0. The van der Waals surface area contributed by atoms with Crippen LogP contribution >= 0.6 is 0 Å². The summed E-state index contributed by atoms with van der Waals surface area (Å²) >= 11 is 0. The molecule has 0 heterocycles. The van der Waals surface area contributed by atoms with Gasteiger partial charge in [0.05, 0.1) is 4.90 Å². The Labute approximate surface area is 149 Å². The van der Waals surface area contributed by atoms with Crippen LogP contribution in [0.25, 0.3) is 0 Å². The molecule has 7 heteroatoms. The molecule has 0 aliphatic rings. The molecule has 0 saturated carbocycles. The third-order valence-corrected chi connectivity index (χ3v) is 6.30. The molecular weight excluding hydrogens is 360 g/mol. The third kappa shape index (κ3) is 4.61. The molecule has 0 fully saturated rings. The van der Waals surface area contributed by atoms with Crippen molar-refractivity contribution in [3.05, 3.63) is 53.1 Å². The Morgan fingerprint density at radius 2 is 1.56 bits per heavy atom. The van der Waals surface area contributed by atoms with E-state index in [4.69, 9.17) is 4.18 Å². The molecule has 0 bridgehead atoms. The zero-order valence-corrected chi connectivity index (χ0v) is 16.5. The summed E-state index contributed by atoms with van der Waals surface area (Å²) in [6.45, 7) is 7.47. The Balaban J connectivity index is 2.50. The molecule has 2 rings (SSSR count). The highest BCUT2D eigenvalue weighted by Gasteiger charge is 2.22. The minimum absolute atomic E-state index is 0.0626. The molecule has 2 aromatic carbocycles. The second kappa shape index (κ2) is 6.80. The van der Waals surface area contributed by atoms with Gasteiger partial charge in [0, 0.05) is 6.26 Å². The molecule has 0 aliphatic carbocycles. The van der Waals surface area contributed by atoms with Crippen molar-refractivity contribution in [2.75, 3.05) is 6.26 Å². The number of hydrogen-bond acceptors (Lipinski definition) is 5. The predicted octanol–water partition coefficient (Wildman–Crippen LogP) is 3.60. The summed E-state index contributed by atoms with van der Waals surface area (Å²) in [6, 6.07) is 9.28. The summed E-state index contributed by atoms with van der Waals surface area (Å²) < 4.78 is 54.1. The van der Waals surface area contributed by atoms with Gasteiger partial charge < -0.3 is 4.18 Å². The van der Waals surface area contributed by atoms with Gasteiger partial charge in [-0.05, 0) is 60.7 Å². The van der Waals surface area contributed by atoms with Crippen molar-refractivity contribution >= 4 is 20.0 Å². The van der Waals surface area contributed by atoms with Gasteiger partial charge in [0.25, 0.3) is 0 Å². The Bertz CT molecular complexity index is 1000. The molecule has 2 aromatic rings. The summed E-state index contributed by atoms with van der Waals surface area (Å²) in [6.07, 6.45) is 1.03. The predicted molar refractivity (Wildman–Crippen MR) is 97.4 cm³/mol. The lowest BCUT2D eigenvalue weighted by Gasteiger charge is -2.13. The molecule has 0 aromatic heterocycles. The Kier molecular flexibility index (Phi) is 5.30. The second-order valence-electron chi connectivity index (χ2n) is 6.47. The van der Waals surface area contributed by atoms with E-state index in [-0.39, 0.29) is 21.5 Å². The van der Waals surface area contributed by atoms with Gasteiger partial charge in [-0.15, -0.1) is 0 Å². The van der Waals surface area contributed by atoms with E-state index in [0.29, 0.717) is 5.56 Å². The molecule has 0 amide bonds. The maximum absolute atomic E-state index is 12.7. The van der Waals surface area contributed by atoms with Crippen molar-refractivity contribution < 1.29 is 21.0 Å². The van der Waals surface area contributed by atoms with Crippen molar-refractivity contribution in [3.63, 3.8) is 0 Å². The maximum Gasteiger partial charge on any atom is 0.339 e. The van der Waals surface area contributed by atoms with Crippen LogP contribution in [0.15, 0.2) is 46.2 Å².